The van der Waals surface area contributed by atoms with Crippen molar-refractivity contribution in [3.05, 3.63) is 0 Å². The number of rotatable bonds is 11. The van der Waals surface area contributed by atoms with Crippen molar-refractivity contribution in [3.63, 3.8) is 0 Å². The Morgan fingerprint density at radius 3 is 1.37 bits per heavy atom. The predicted octanol–water partition coefficient (Wildman–Crippen LogP) is 2.55. The first-order valence-electron chi connectivity index (χ1n) is 7.90. The van der Waals surface area contributed by atoms with Gasteiger partial charge in [-0.1, -0.05) is 41.5 Å². The van der Waals surface area contributed by atoms with Crippen LogP contribution in [-0.4, -0.2) is 60.8 Å². The predicted molar refractivity (Wildman–Crippen MR) is 84.5 cm³/mol. The normalized spacial score (nSPS) is 12.6. The lowest BCUT2D eigenvalue weighted by atomic mass is 10.1. The lowest BCUT2D eigenvalue weighted by Gasteiger charge is -2.30. The molecule has 116 valence electrons. The van der Waals surface area contributed by atoms with E-state index in [1.807, 2.05) is 0 Å². The van der Waals surface area contributed by atoms with Gasteiger partial charge in [-0.2, -0.15) is 0 Å². The largest absolute Gasteiger partial charge is 0.395 e. The SMILES string of the molecule is CC(C)CN(CCO)CCN(CC(C)C)CC(C)C. The van der Waals surface area contributed by atoms with Crippen molar-refractivity contribution >= 4 is 0 Å². The highest BCUT2D eigenvalue weighted by Gasteiger charge is 2.12. The van der Waals surface area contributed by atoms with E-state index in [1.165, 1.54) is 13.1 Å². The van der Waals surface area contributed by atoms with Crippen molar-refractivity contribution in [2.24, 2.45) is 17.8 Å². The molecule has 0 spiro atoms. The van der Waals surface area contributed by atoms with Crippen LogP contribution < -0.4 is 0 Å². The summed E-state index contributed by atoms with van der Waals surface area (Å²) < 4.78 is 0. The highest BCUT2D eigenvalue weighted by Crippen LogP contribution is 2.05. The van der Waals surface area contributed by atoms with Crippen LogP contribution >= 0.6 is 0 Å². The smallest absolute Gasteiger partial charge is 0.0558 e. The average molecular weight is 272 g/mol. The Balaban J connectivity index is 4.22. The number of aliphatic hydroxyl groups excluding tert-OH is 1. The quantitative estimate of drug-likeness (QED) is 0.626. The van der Waals surface area contributed by atoms with Gasteiger partial charge in [-0.25, -0.2) is 0 Å². The summed E-state index contributed by atoms with van der Waals surface area (Å²) in [5.74, 6) is 2.10. The molecule has 19 heavy (non-hydrogen) atoms. The Hall–Kier alpha value is -0.120. The van der Waals surface area contributed by atoms with Crippen LogP contribution in [0.25, 0.3) is 0 Å². The van der Waals surface area contributed by atoms with Crippen molar-refractivity contribution in [3.8, 4) is 0 Å². The van der Waals surface area contributed by atoms with E-state index in [-0.39, 0.29) is 6.61 Å². The molecule has 3 heteroatoms. The first kappa shape index (κ1) is 18.9. The molecule has 0 aromatic rings. The molecule has 0 aliphatic carbocycles. The first-order chi connectivity index (χ1) is 8.85. The summed E-state index contributed by atoms with van der Waals surface area (Å²) in [5.41, 5.74) is 0. The van der Waals surface area contributed by atoms with Crippen LogP contribution in [0.4, 0.5) is 0 Å². The molecule has 0 radical (unpaired) electrons. The van der Waals surface area contributed by atoms with Gasteiger partial charge in [0.1, 0.15) is 0 Å². The molecule has 3 nitrogen and oxygen atoms in total. The summed E-state index contributed by atoms with van der Waals surface area (Å²) in [5, 5.41) is 9.15. The summed E-state index contributed by atoms with van der Waals surface area (Å²) in [6.45, 7) is 20.3. The van der Waals surface area contributed by atoms with Gasteiger partial charge in [-0.15, -0.1) is 0 Å². The molecule has 1 N–H and O–H groups in total. The van der Waals surface area contributed by atoms with E-state index in [9.17, 15) is 0 Å². The molecule has 0 atom stereocenters. The highest BCUT2D eigenvalue weighted by atomic mass is 16.3. The summed E-state index contributed by atoms with van der Waals surface area (Å²) in [6.07, 6.45) is 0. The molecule has 0 aliphatic rings. The van der Waals surface area contributed by atoms with Crippen LogP contribution in [0.15, 0.2) is 0 Å². The van der Waals surface area contributed by atoms with Gasteiger partial charge >= 0.3 is 0 Å². The van der Waals surface area contributed by atoms with E-state index in [0.717, 1.165) is 38.0 Å². The van der Waals surface area contributed by atoms with Crippen LogP contribution in [0, 0.1) is 17.8 Å². The van der Waals surface area contributed by atoms with E-state index in [1.54, 1.807) is 0 Å². The average Bonchev–Trinajstić information content (AvgIpc) is 2.23. The van der Waals surface area contributed by atoms with Crippen molar-refractivity contribution in [1.29, 1.82) is 0 Å². The topological polar surface area (TPSA) is 26.7 Å². The Morgan fingerprint density at radius 2 is 1.00 bits per heavy atom. The Morgan fingerprint density at radius 1 is 0.632 bits per heavy atom. The van der Waals surface area contributed by atoms with E-state index in [4.69, 9.17) is 5.11 Å². The fraction of sp³-hybridized carbons (Fsp3) is 1.00. The Kier molecular flexibility index (Phi) is 10.6. The molecule has 0 aliphatic heterocycles. The summed E-state index contributed by atoms with van der Waals surface area (Å²) >= 11 is 0. The molecule has 0 fully saturated rings. The molecular formula is C16H36N2O. The van der Waals surface area contributed by atoms with Crippen LogP contribution in [0.3, 0.4) is 0 Å². The maximum Gasteiger partial charge on any atom is 0.0558 e. The third-order valence-corrected chi connectivity index (χ3v) is 3.02. The second-order valence-corrected chi connectivity index (χ2v) is 6.97. The molecule has 0 rings (SSSR count). The monoisotopic (exact) mass is 272 g/mol. The lowest BCUT2D eigenvalue weighted by Crippen LogP contribution is -2.40. The molecule has 0 aromatic carbocycles. The molecule has 0 amide bonds. The van der Waals surface area contributed by atoms with Crippen LogP contribution in [0.5, 0.6) is 0 Å². The fourth-order valence-electron chi connectivity index (χ4n) is 2.52. The Labute approximate surface area is 121 Å². The molecule has 0 aromatic heterocycles. The van der Waals surface area contributed by atoms with E-state index < -0.39 is 0 Å². The fourth-order valence-corrected chi connectivity index (χ4v) is 2.52. The molecule has 0 saturated heterocycles. The number of aliphatic hydroxyl groups is 1. The molecular weight excluding hydrogens is 236 g/mol. The zero-order valence-electron chi connectivity index (χ0n) is 14.0. The van der Waals surface area contributed by atoms with Gasteiger partial charge in [-0.05, 0) is 17.8 Å². The van der Waals surface area contributed by atoms with Gasteiger partial charge in [0, 0.05) is 39.3 Å². The summed E-state index contributed by atoms with van der Waals surface area (Å²) in [6, 6.07) is 0. The van der Waals surface area contributed by atoms with Gasteiger partial charge in [0.25, 0.3) is 0 Å². The van der Waals surface area contributed by atoms with Crippen molar-refractivity contribution < 1.29 is 5.11 Å². The van der Waals surface area contributed by atoms with E-state index in [0.29, 0.717) is 5.92 Å². The van der Waals surface area contributed by atoms with Crippen molar-refractivity contribution in [2.75, 3.05) is 45.9 Å². The third kappa shape index (κ3) is 11.4. The van der Waals surface area contributed by atoms with E-state index >= 15 is 0 Å². The van der Waals surface area contributed by atoms with Gasteiger partial charge < -0.3 is 10.0 Å². The van der Waals surface area contributed by atoms with Gasteiger partial charge in [0.15, 0.2) is 0 Å². The zero-order valence-corrected chi connectivity index (χ0v) is 14.0. The maximum atomic E-state index is 9.15. The van der Waals surface area contributed by atoms with Crippen LogP contribution in [0.2, 0.25) is 0 Å². The Bertz CT molecular complexity index is 195. The molecule has 0 unspecified atom stereocenters. The highest BCUT2D eigenvalue weighted by molar-refractivity contribution is 4.67. The minimum absolute atomic E-state index is 0.265. The minimum atomic E-state index is 0.265. The number of hydrogen-bond acceptors (Lipinski definition) is 3. The summed E-state index contributed by atoms with van der Waals surface area (Å²) in [7, 11) is 0. The molecule has 0 heterocycles. The van der Waals surface area contributed by atoms with Gasteiger partial charge in [-0.3, -0.25) is 4.90 Å². The standard InChI is InChI=1S/C16H36N2O/c1-14(2)11-17(9-10-19)7-8-18(12-15(3)4)13-16(5)6/h14-16,19H,7-13H2,1-6H3. The lowest BCUT2D eigenvalue weighted by molar-refractivity contribution is 0.145. The van der Waals surface area contributed by atoms with Crippen LogP contribution in [-0.2, 0) is 0 Å². The second kappa shape index (κ2) is 10.6. The second-order valence-electron chi connectivity index (χ2n) is 6.97. The number of hydrogen-bond donors (Lipinski definition) is 1. The van der Waals surface area contributed by atoms with Crippen molar-refractivity contribution in [1.82, 2.24) is 9.80 Å². The third-order valence-electron chi connectivity index (χ3n) is 3.02. The zero-order chi connectivity index (χ0) is 14.8. The van der Waals surface area contributed by atoms with Crippen LogP contribution in [0.1, 0.15) is 41.5 Å². The molecule has 0 bridgehead atoms. The summed E-state index contributed by atoms with van der Waals surface area (Å²) in [4.78, 5) is 4.96. The van der Waals surface area contributed by atoms with Gasteiger partial charge in [0.2, 0.25) is 0 Å². The number of nitrogens with zero attached hydrogens (tertiary/aromatic N) is 2. The van der Waals surface area contributed by atoms with E-state index in [2.05, 4.69) is 51.3 Å². The first-order valence-corrected chi connectivity index (χ1v) is 7.90. The van der Waals surface area contributed by atoms with Crippen molar-refractivity contribution in [2.45, 2.75) is 41.5 Å². The minimum Gasteiger partial charge on any atom is -0.395 e. The molecule has 0 saturated carbocycles. The van der Waals surface area contributed by atoms with Gasteiger partial charge in [0.05, 0.1) is 6.61 Å². The maximum absolute atomic E-state index is 9.15.